The minimum atomic E-state index is 0.287. The van der Waals surface area contributed by atoms with Gasteiger partial charge in [0, 0.05) is 23.7 Å². The molecule has 1 N–H and O–H groups in total. The van der Waals surface area contributed by atoms with Gasteiger partial charge in [0.15, 0.2) is 0 Å². The molecule has 0 saturated heterocycles. The molecule has 1 aromatic carbocycles. The lowest BCUT2D eigenvalue weighted by Crippen LogP contribution is -2.27. The van der Waals surface area contributed by atoms with E-state index in [2.05, 4.69) is 25.7 Å². The molecule has 16 heavy (non-hydrogen) atoms. The Morgan fingerprint density at radius 2 is 2.06 bits per heavy atom. The van der Waals surface area contributed by atoms with Gasteiger partial charge in [-0.2, -0.15) is 0 Å². The van der Waals surface area contributed by atoms with Gasteiger partial charge in [0.2, 0.25) is 0 Å². The predicted octanol–water partition coefficient (Wildman–Crippen LogP) is 3.52. The summed E-state index contributed by atoms with van der Waals surface area (Å²) < 4.78 is 0. The Morgan fingerprint density at radius 3 is 2.56 bits per heavy atom. The summed E-state index contributed by atoms with van der Waals surface area (Å²) in [6.45, 7) is 9.19. The summed E-state index contributed by atoms with van der Waals surface area (Å²) in [7, 11) is 0. The highest BCUT2D eigenvalue weighted by Crippen LogP contribution is 2.26. The highest BCUT2D eigenvalue weighted by molar-refractivity contribution is 6.31. The summed E-state index contributed by atoms with van der Waals surface area (Å²) in [5.74, 6) is 0.902. The summed E-state index contributed by atoms with van der Waals surface area (Å²) in [4.78, 5) is 2.28. The molecule has 1 aromatic rings. The molecule has 0 bridgehead atoms. The molecule has 0 unspecified atom stereocenters. The first-order valence-corrected chi connectivity index (χ1v) is 6.11. The molecule has 0 atom stereocenters. The fourth-order valence-corrected chi connectivity index (χ4v) is 1.98. The Hall–Kier alpha value is -0.730. The van der Waals surface area contributed by atoms with E-state index >= 15 is 0 Å². The summed E-state index contributed by atoms with van der Waals surface area (Å²) in [6.07, 6.45) is 0. The van der Waals surface area contributed by atoms with Crippen molar-refractivity contribution >= 4 is 11.6 Å². The van der Waals surface area contributed by atoms with Gasteiger partial charge in [0.1, 0.15) is 5.75 Å². The van der Waals surface area contributed by atoms with Gasteiger partial charge in [-0.25, -0.2) is 0 Å². The standard InChI is InChI=1S/C13H20ClNO/c1-4-15(8-10(2)3)9-11-12(14)6-5-7-13(11)16/h5-7,10,16H,4,8-9H2,1-3H3. The normalized spacial score (nSPS) is 11.4. The first-order chi connectivity index (χ1) is 7.54. The smallest absolute Gasteiger partial charge is 0.121 e. The summed E-state index contributed by atoms with van der Waals surface area (Å²) in [6, 6.07) is 5.27. The Labute approximate surface area is 103 Å². The highest BCUT2D eigenvalue weighted by atomic mass is 35.5. The van der Waals surface area contributed by atoms with Crippen molar-refractivity contribution in [1.82, 2.24) is 4.90 Å². The van der Waals surface area contributed by atoms with Gasteiger partial charge in [0.25, 0.3) is 0 Å². The Bertz CT molecular complexity index is 318. The van der Waals surface area contributed by atoms with Crippen LogP contribution in [0.3, 0.4) is 0 Å². The van der Waals surface area contributed by atoms with Crippen LogP contribution in [0.1, 0.15) is 26.3 Å². The van der Waals surface area contributed by atoms with E-state index < -0.39 is 0 Å². The van der Waals surface area contributed by atoms with Crippen molar-refractivity contribution < 1.29 is 5.11 Å². The van der Waals surface area contributed by atoms with Crippen molar-refractivity contribution in [2.24, 2.45) is 5.92 Å². The minimum absolute atomic E-state index is 0.287. The van der Waals surface area contributed by atoms with Crippen molar-refractivity contribution in [3.8, 4) is 5.75 Å². The molecule has 0 aliphatic rings. The molecule has 0 radical (unpaired) electrons. The van der Waals surface area contributed by atoms with Crippen LogP contribution in [0.15, 0.2) is 18.2 Å². The number of benzene rings is 1. The van der Waals surface area contributed by atoms with Crippen molar-refractivity contribution in [3.05, 3.63) is 28.8 Å². The van der Waals surface area contributed by atoms with Crippen molar-refractivity contribution in [2.75, 3.05) is 13.1 Å². The van der Waals surface area contributed by atoms with Gasteiger partial charge >= 0.3 is 0 Å². The highest BCUT2D eigenvalue weighted by Gasteiger charge is 2.11. The Morgan fingerprint density at radius 1 is 1.38 bits per heavy atom. The molecular formula is C13H20ClNO. The average Bonchev–Trinajstić information content (AvgIpc) is 2.21. The summed E-state index contributed by atoms with van der Waals surface area (Å²) in [5, 5.41) is 10.4. The van der Waals surface area contributed by atoms with Gasteiger partial charge in [-0.1, -0.05) is 38.4 Å². The fourth-order valence-electron chi connectivity index (χ4n) is 1.75. The predicted molar refractivity (Wildman–Crippen MR) is 68.9 cm³/mol. The van der Waals surface area contributed by atoms with Gasteiger partial charge < -0.3 is 5.11 Å². The van der Waals surface area contributed by atoms with E-state index in [0.717, 1.165) is 18.7 Å². The molecule has 0 spiro atoms. The number of phenols is 1. The molecule has 0 aromatic heterocycles. The molecule has 0 aliphatic heterocycles. The fraction of sp³-hybridized carbons (Fsp3) is 0.538. The monoisotopic (exact) mass is 241 g/mol. The third-order valence-corrected chi connectivity index (χ3v) is 2.90. The number of rotatable bonds is 5. The Balaban J connectivity index is 2.77. The second-order valence-electron chi connectivity index (χ2n) is 4.46. The van der Waals surface area contributed by atoms with Gasteiger partial charge in [-0.15, -0.1) is 0 Å². The lowest BCUT2D eigenvalue weighted by atomic mass is 10.1. The number of aromatic hydroxyl groups is 1. The third kappa shape index (κ3) is 3.69. The largest absolute Gasteiger partial charge is 0.508 e. The molecule has 90 valence electrons. The molecule has 0 aliphatic carbocycles. The van der Waals surface area contributed by atoms with E-state index in [-0.39, 0.29) is 5.75 Å². The number of phenolic OH excluding ortho intramolecular Hbond substituents is 1. The second kappa shape index (κ2) is 6.12. The van der Waals surface area contributed by atoms with Crippen LogP contribution in [0.25, 0.3) is 0 Å². The van der Waals surface area contributed by atoms with E-state index in [1.807, 2.05) is 6.07 Å². The number of hydrogen-bond acceptors (Lipinski definition) is 2. The minimum Gasteiger partial charge on any atom is -0.508 e. The van der Waals surface area contributed by atoms with Crippen LogP contribution in [0.4, 0.5) is 0 Å². The van der Waals surface area contributed by atoms with E-state index in [1.54, 1.807) is 12.1 Å². The van der Waals surface area contributed by atoms with Crippen molar-refractivity contribution in [2.45, 2.75) is 27.3 Å². The lowest BCUT2D eigenvalue weighted by Gasteiger charge is -2.23. The number of halogens is 1. The Kier molecular flexibility index (Phi) is 5.10. The van der Waals surface area contributed by atoms with E-state index in [4.69, 9.17) is 11.6 Å². The van der Waals surface area contributed by atoms with Gasteiger partial charge in [-0.05, 0) is 24.6 Å². The van der Waals surface area contributed by atoms with Crippen LogP contribution in [-0.4, -0.2) is 23.1 Å². The average molecular weight is 242 g/mol. The third-order valence-electron chi connectivity index (χ3n) is 2.55. The zero-order valence-electron chi connectivity index (χ0n) is 10.2. The zero-order valence-corrected chi connectivity index (χ0v) is 11.0. The van der Waals surface area contributed by atoms with Crippen molar-refractivity contribution in [1.29, 1.82) is 0 Å². The second-order valence-corrected chi connectivity index (χ2v) is 4.87. The lowest BCUT2D eigenvalue weighted by molar-refractivity contribution is 0.245. The van der Waals surface area contributed by atoms with E-state index in [0.29, 0.717) is 17.5 Å². The first-order valence-electron chi connectivity index (χ1n) is 5.73. The molecule has 0 fully saturated rings. The summed E-state index contributed by atoms with van der Waals surface area (Å²) >= 11 is 6.08. The number of hydrogen-bond donors (Lipinski definition) is 1. The van der Waals surface area contributed by atoms with E-state index in [9.17, 15) is 5.11 Å². The maximum Gasteiger partial charge on any atom is 0.121 e. The van der Waals surface area contributed by atoms with Gasteiger partial charge in [-0.3, -0.25) is 4.90 Å². The van der Waals surface area contributed by atoms with Crippen LogP contribution in [0.5, 0.6) is 5.75 Å². The SMILES string of the molecule is CCN(Cc1c(O)cccc1Cl)CC(C)C. The molecule has 2 nitrogen and oxygen atoms in total. The molecule has 0 heterocycles. The van der Waals surface area contributed by atoms with Crippen molar-refractivity contribution in [3.63, 3.8) is 0 Å². The molecular weight excluding hydrogens is 222 g/mol. The van der Waals surface area contributed by atoms with Crippen LogP contribution in [-0.2, 0) is 6.54 Å². The topological polar surface area (TPSA) is 23.5 Å². The van der Waals surface area contributed by atoms with Crippen LogP contribution in [0, 0.1) is 5.92 Å². The van der Waals surface area contributed by atoms with Gasteiger partial charge in [0.05, 0.1) is 0 Å². The maximum atomic E-state index is 9.76. The zero-order chi connectivity index (χ0) is 12.1. The quantitative estimate of drug-likeness (QED) is 0.853. The first kappa shape index (κ1) is 13.3. The summed E-state index contributed by atoms with van der Waals surface area (Å²) in [5.41, 5.74) is 0.826. The molecule has 0 saturated carbocycles. The molecule has 1 rings (SSSR count). The van der Waals surface area contributed by atoms with E-state index in [1.165, 1.54) is 0 Å². The number of nitrogens with zero attached hydrogens (tertiary/aromatic N) is 1. The maximum absolute atomic E-state index is 9.76. The van der Waals surface area contributed by atoms with Crippen LogP contribution < -0.4 is 0 Å². The van der Waals surface area contributed by atoms with Crippen LogP contribution >= 0.6 is 11.6 Å². The van der Waals surface area contributed by atoms with Crippen LogP contribution in [0.2, 0.25) is 5.02 Å². The molecule has 0 amide bonds. The molecule has 3 heteroatoms.